The fourth-order valence-electron chi connectivity index (χ4n) is 3.73. The van der Waals surface area contributed by atoms with Gasteiger partial charge >= 0.3 is 20.1 Å². The maximum absolute atomic E-state index is 13.2. The third kappa shape index (κ3) is 7.12. The Morgan fingerprint density at radius 1 is 1.17 bits per heavy atom. The number of halogens is 4. The zero-order valence-corrected chi connectivity index (χ0v) is 19.8. The van der Waals surface area contributed by atoms with Gasteiger partial charge in [0.25, 0.3) is 0 Å². The first-order valence-electron chi connectivity index (χ1n) is 10.2. The second-order valence-electron chi connectivity index (χ2n) is 8.01. The van der Waals surface area contributed by atoms with E-state index in [1.165, 1.54) is 4.31 Å². The number of morpholine rings is 1. The normalized spacial score (nSPS) is 20.6. The number of piperidine rings is 1. The molecule has 11 nitrogen and oxygen atoms in total. The van der Waals surface area contributed by atoms with Crippen LogP contribution in [0, 0.1) is 5.82 Å². The summed E-state index contributed by atoms with van der Waals surface area (Å²) in [4.78, 5) is 30.3. The number of benzene rings is 1. The lowest BCUT2D eigenvalue weighted by Crippen LogP contribution is -2.58. The number of hydrogen-bond acceptors (Lipinski definition) is 7. The van der Waals surface area contributed by atoms with E-state index in [9.17, 15) is 35.3 Å². The topological polar surface area (TPSA) is 143 Å². The number of carbonyl (C=O) groups excluding carboxylic acids is 1. The Balaban J connectivity index is 1.62. The predicted molar refractivity (Wildman–Crippen MR) is 109 cm³/mol. The van der Waals surface area contributed by atoms with E-state index < -0.39 is 54.2 Å². The van der Waals surface area contributed by atoms with Gasteiger partial charge < -0.3 is 24.2 Å². The van der Waals surface area contributed by atoms with E-state index in [1.807, 2.05) is 0 Å². The largest absolute Gasteiger partial charge is 0.469 e. The predicted octanol–water partition coefficient (Wildman–Crippen LogP) is 1.86. The fourth-order valence-corrected chi connectivity index (χ4v) is 5.55. The van der Waals surface area contributed by atoms with Gasteiger partial charge in [-0.2, -0.15) is 17.5 Å². The number of hydrogen-bond donors (Lipinski definition) is 2. The Labute approximate surface area is 197 Å². The van der Waals surface area contributed by atoms with Gasteiger partial charge in [0, 0.05) is 26.2 Å². The number of carbonyl (C=O) groups is 1. The first kappa shape index (κ1) is 27.8. The monoisotopic (exact) mass is 550 g/mol. The SMILES string of the molecule is O=C(O[C@H](COP(=O)(O)O)C(F)(F)F)N1CCC2(CC1)CN(S(=O)(=O)c1ccc(F)cc1)CCO2. The standard InChI is InChI=1S/C18H23F4N2O9PS/c19-13-1-3-14(4-2-13)35(29,30)24-9-10-31-17(12-24)5-7-23(8-6-17)16(25)33-15(18(20,21)22)11-32-34(26,27)28/h1-4,15H,5-12H2,(H2,26,27,28)/t15-/m1/s1. The number of ether oxygens (including phenoxy) is 2. The Morgan fingerprint density at radius 2 is 1.77 bits per heavy atom. The highest BCUT2D eigenvalue weighted by Gasteiger charge is 2.47. The smallest absolute Gasteiger partial charge is 0.434 e. The number of sulfonamides is 1. The molecule has 2 N–H and O–H groups in total. The quantitative estimate of drug-likeness (QED) is 0.401. The number of likely N-dealkylation sites (tertiary alicyclic amines) is 1. The van der Waals surface area contributed by atoms with Crippen molar-refractivity contribution in [2.45, 2.75) is 35.6 Å². The van der Waals surface area contributed by atoms with Gasteiger partial charge in [0.15, 0.2) is 0 Å². The molecule has 198 valence electrons. The summed E-state index contributed by atoms with van der Waals surface area (Å²) in [6.45, 7) is -1.81. The molecule has 2 saturated heterocycles. The van der Waals surface area contributed by atoms with Crippen molar-refractivity contribution in [2.75, 3.05) is 39.4 Å². The van der Waals surface area contributed by atoms with Crippen LogP contribution in [0.5, 0.6) is 0 Å². The van der Waals surface area contributed by atoms with Crippen LogP contribution < -0.4 is 0 Å². The van der Waals surface area contributed by atoms with Gasteiger partial charge in [0.2, 0.25) is 16.1 Å². The molecule has 1 atom stereocenters. The van der Waals surface area contributed by atoms with Gasteiger partial charge in [-0.3, -0.25) is 4.52 Å². The highest BCUT2D eigenvalue weighted by Crippen LogP contribution is 2.38. The maximum atomic E-state index is 13.2. The van der Waals surface area contributed by atoms with E-state index in [0.29, 0.717) is 0 Å². The minimum absolute atomic E-state index is 0.0417. The summed E-state index contributed by atoms with van der Waals surface area (Å²) in [5, 5.41) is 0. The van der Waals surface area contributed by atoms with Gasteiger partial charge in [-0.1, -0.05) is 0 Å². The summed E-state index contributed by atoms with van der Waals surface area (Å²) < 4.78 is 104. The first-order valence-corrected chi connectivity index (χ1v) is 13.2. The molecule has 0 aromatic heterocycles. The lowest BCUT2D eigenvalue weighted by atomic mass is 9.90. The molecular weight excluding hydrogens is 527 g/mol. The third-order valence-corrected chi connectivity index (χ3v) is 7.94. The van der Waals surface area contributed by atoms with Crippen LogP contribution in [0.1, 0.15) is 12.8 Å². The summed E-state index contributed by atoms with van der Waals surface area (Å²) in [5.41, 5.74) is -0.991. The van der Waals surface area contributed by atoms with E-state index >= 15 is 0 Å². The molecular formula is C18H23F4N2O9PS. The number of phosphoric acid groups is 1. The van der Waals surface area contributed by atoms with Crippen LogP contribution in [0.3, 0.4) is 0 Å². The molecule has 2 heterocycles. The van der Waals surface area contributed by atoms with Crippen LogP contribution in [0.2, 0.25) is 0 Å². The van der Waals surface area contributed by atoms with E-state index in [1.54, 1.807) is 0 Å². The summed E-state index contributed by atoms with van der Waals surface area (Å²) in [6, 6.07) is 4.32. The van der Waals surface area contributed by atoms with Crippen molar-refractivity contribution in [3.63, 3.8) is 0 Å². The van der Waals surface area contributed by atoms with Gasteiger partial charge in [-0.05, 0) is 37.1 Å². The number of amides is 1. The maximum Gasteiger partial charge on any atom is 0.469 e. The Morgan fingerprint density at radius 3 is 2.31 bits per heavy atom. The van der Waals surface area contributed by atoms with Crippen LogP contribution in [0.15, 0.2) is 29.2 Å². The summed E-state index contributed by atoms with van der Waals surface area (Å²) in [5.74, 6) is -0.595. The Bertz CT molecular complexity index is 1060. The second-order valence-corrected chi connectivity index (χ2v) is 11.2. The van der Waals surface area contributed by atoms with E-state index in [4.69, 9.17) is 14.5 Å². The summed E-state index contributed by atoms with van der Waals surface area (Å²) in [7, 11) is -9.18. The molecule has 17 heteroatoms. The molecule has 1 aromatic carbocycles. The number of rotatable bonds is 6. The van der Waals surface area contributed by atoms with E-state index in [2.05, 4.69) is 9.26 Å². The number of alkyl halides is 3. The van der Waals surface area contributed by atoms with E-state index in [0.717, 1.165) is 29.2 Å². The summed E-state index contributed by atoms with van der Waals surface area (Å²) in [6.07, 6.45) is -9.23. The number of phosphoric ester groups is 1. The molecule has 2 fully saturated rings. The molecule has 1 amide bonds. The van der Waals surface area contributed by atoms with Crippen molar-refractivity contribution in [3.05, 3.63) is 30.1 Å². The molecule has 0 bridgehead atoms. The number of nitrogens with zero attached hydrogens (tertiary/aromatic N) is 2. The molecule has 0 aliphatic carbocycles. The third-order valence-electron chi connectivity index (χ3n) is 5.60. The molecule has 3 rings (SSSR count). The highest BCUT2D eigenvalue weighted by atomic mass is 32.2. The molecule has 0 saturated carbocycles. The van der Waals surface area contributed by atoms with Crippen LogP contribution in [0.4, 0.5) is 22.4 Å². The molecule has 1 aromatic rings. The second kappa shape index (κ2) is 10.3. The van der Waals surface area contributed by atoms with Crippen LogP contribution in [-0.2, 0) is 28.6 Å². The Kier molecular flexibility index (Phi) is 8.16. The van der Waals surface area contributed by atoms with Crippen molar-refractivity contribution in [1.82, 2.24) is 9.21 Å². The average molecular weight is 550 g/mol. The average Bonchev–Trinajstić information content (AvgIpc) is 2.76. The highest BCUT2D eigenvalue weighted by molar-refractivity contribution is 7.89. The molecule has 0 radical (unpaired) electrons. The minimum atomic E-state index is -5.23. The molecule has 2 aliphatic heterocycles. The molecule has 0 unspecified atom stereocenters. The van der Waals surface area contributed by atoms with Crippen LogP contribution in [0.25, 0.3) is 0 Å². The zero-order chi connectivity index (χ0) is 26.1. The van der Waals surface area contributed by atoms with Crippen molar-refractivity contribution in [1.29, 1.82) is 0 Å². The van der Waals surface area contributed by atoms with E-state index in [-0.39, 0.29) is 50.5 Å². The summed E-state index contributed by atoms with van der Waals surface area (Å²) >= 11 is 0. The lowest BCUT2D eigenvalue weighted by molar-refractivity contribution is -0.214. The lowest BCUT2D eigenvalue weighted by Gasteiger charge is -2.46. The minimum Gasteiger partial charge on any atom is -0.434 e. The zero-order valence-electron chi connectivity index (χ0n) is 18.1. The van der Waals surface area contributed by atoms with Crippen molar-refractivity contribution in [2.24, 2.45) is 0 Å². The van der Waals surface area contributed by atoms with Crippen molar-refractivity contribution < 1.29 is 59.1 Å². The van der Waals surface area contributed by atoms with Crippen molar-refractivity contribution >= 4 is 23.9 Å². The molecule has 35 heavy (non-hydrogen) atoms. The van der Waals surface area contributed by atoms with Gasteiger partial charge in [-0.15, -0.1) is 0 Å². The van der Waals surface area contributed by atoms with Gasteiger partial charge in [0.05, 0.1) is 17.1 Å². The molecule has 2 aliphatic rings. The van der Waals surface area contributed by atoms with Crippen LogP contribution >= 0.6 is 7.82 Å². The van der Waals surface area contributed by atoms with Gasteiger partial charge in [0.1, 0.15) is 12.4 Å². The Hall–Kier alpha value is -1.81. The van der Waals surface area contributed by atoms with Gasteiger partial charge in [-0.25, -0.2) is 22.2 Å². The first-order chi connectivity index (χ1) is 16.1. The van der Waals surface area contributed by atoms with Crippen molar-refractivity contribution in [3.8, 4) is 0 Å². The van der Waals surface area contributed by atoms with Crippen LogP contribution in [-0.4, -0.2) is 90.8 Å². The fraction of sp³-hybridized carbons (Fsp3) is 0.611. The molecule has 1 spiro atoms.